The average Bonchev–Trinajstić information content (AvgIpc) is 3.03. The number of thiophene rings is 1. The van der Waals surface area contributed by atoms with Crippen LogP contribution in [0.1, 0.15) is 15.4 Å². The molecule has 9 heteroatoms. The van der Waals surface area contributed by atoms with Crippen LogP contribution in [-0.2, 0) is 7.05 Å². The van der Waals surface area contributed by atoms with Crippen LogP contribution in [0.2, 0.25) is 5.02 Å². The average molecular weight is 351 g/mol. The molecule has 0 aliphatic heterocycles. The van der Waals surface area contributed by atoms with Gasteiger partial charge in [-0.15, -0.1) is 11.3 Å². The van der Waals surface area contributed by atoms with Gasteiger partial charge in [-0.05, 0) is 25.1 Å². The molecular weight excluding hydrogens is 340 g/mol. The van der Waals surface area contributed by atoms with Crippen LogP contribution in [0.15, 0.2) is 24.3 Å². The topological polar surface area (TPSA) is 90.1 Å². The highest BCUT2D eigenvalue weighted by Gasteiger charge is 2.17. The van der Waals surface area contributed by atoms with Gasteiger partial charge >= 0.3 is 0 Å². The first-order valence-corrected chi connectivity index (χ1v) is 7.74. The summed E-state index contributed by atoms with van der Waals surface area (Å²) in [5.41, 5.74) is 0.916. The number of nitro benzene ring substituents is 1. The first kappa shape index (κ1) is 15.4. The van der Waals surface area contributed by atoms with Crippen LogP contribution in [0.3, 0.4) is 0 Å². The van der Waals surface area contributed by atoms with Gasteiger partial charge in [0.05, 0.1) is 15.5 Å². The summed E-state index contributed by atoms with van der Waals surface area (Å²) >= 11 is 7.07. The number of nitrogens with zero attached hydrogens (tertiary/aromatic N) is 3. The molecule has 3 aromatic rings. The highest BCUT2D eigenvalue weighted by Crippen LogP contribution is 2.30. The second-order valence-electron chi connectivity index (χ2n) is 4.92. The molecule has 0 saturated heterocycles. The van der Waals surface area contributed by atoms with Gasteiger partial charge in [0, 0.05) is 24.2 Å². The maximum Gasteiger partial charge on any atom is 0.289 e. The summed E-state index contributed by atoms with van der Waals surface area (Å²) in [5, 5.41) is 18.8. The molecule has 1 amide bonds. The summed E-state index contributed by atoms with van der Waals surface area (Å²) < 4.78 is 1.72. The summed E-state index contributed by atoms with van der Waals surface area (Å²) in [6.07, 6.45) is 0. The molecule has 0 unspecified atom stereocenters. The van der Waals surface area contributed by atoms with Crippen LogP contribution < -0.4 is 5.32 Å². The Kier molecular flexibility index (Phi) is 3.78. The highest BCUT2D eigenvalue weighted by atomic mass is 35.5. The van der Waals surface area contributed by atoms with Gasteiger partial charge in [0.1, 0.15) is 9.85 Å². The van der Waals surface area contributed by atoms with E-state index >= 15 is 0 Å². The fourth-order valence-electron chi connectivity index (χ4n) is 2.24. The lowest BCUT2D eigenvalue weighted by Crippen LogP contribution is -2.10. The van der Waals surface area contributed by atoms with Crippen LogP contribution in [0, 0.1) is 17.0 Å². The minimum absolute atomic E-state index is 0.0246. The zero-order chi connectivity index (χ0) is 16.7. The molecule has 0 bridgehead atoms. The third kappa shape index (κ3) is 2.78. The number of anilines is 1. The van der Waals surface area contributed by atoms with Crippen molar-refractivity contribution in [3.63, 3.8) is 0 Å². The van der Waals surface area contributed by atoms with E-state index in [0.29, 0.717) is 10.6 Å². The molecule has 2 heterocycles. The third-order valence-electron chi connectivity index (χ3n) is 3.32. The Labute approximate surface area is 139 Å². The molecule has 3 rings (SSSR count). The second kappa shape index (κ2) is 5.64. The predicted octanol–water partition coefficient (Wildman–Crippen LogP) is 3.76. The van der Waals surface area contributed by atoms with E-state index in [9.17, 15) is 14.9 Å². The van der Waals surface area contributed by atoms with E-state index in [1.165, 1.54) is 29.5 Å². The number of hydrogen-bond donors (Lipinski definition) is 1. The molecule has 0 fully saturated rings. The summed E-state index contributed by atoms with van der Waals surface area (Å²) in [4.78, 5) is 24.0. The van der Waals surface area contributed by atoms with Crippen molar-refractivity contribution >= 4 is 50.4 Å². The number of fused-ring (bicyclic) bond motifs is 1. The first-order chi connectivity index (χ1) is 10.9. The lowest BCUT2D eigenvalue weighted by Gasteiger charge is -2.04. The number of aryl methyl sites for hydroxylation is 2. The van der Waals surface area contributed by atoms with Gasteiger partial charge < -0.3 is 5.32 Å². The molecule has 23 heavy (non-hydrogen) atoms. The SMILES string of the molecule is Cc1nn(C)c2sc(C(=O)Nc3ccc(Cl)c([N+](=O)[O-])c3)cc12. The molecule has 0 saturated carbocycles. The minimum atomic E-state index is -0.591. The molecule has 0 aliphatic carbocycles. The van der Waals surface area contributed by atoms with Gasteiger partial charge in [-0.2, -0.15) is 5.10 Å². The highest BCUT2D eigenvalue weighted by molar-refractivity contribution is 7.20. The number of amides is 1. The Bertz CT molecular complexity index is 913. The van der Waals surface area contributed by atoms with Crippen molar-refractivity contribution in [3.8, 4) is 0 Å². The van der Waals surface area contributed by atoms with Gasteiger partial charge in [0.15, 0.2) is 0 Å². The van der Waals surface area contributed by atoms with Crippen LogP contribution in [0.25, 0.3) is 10.2 Å². The van der Waals surface area contributed by atoms with Crippen molar-refractivity contribution in [1.82, 2.24) is 9.78 Å². The zero-order valence-corrected chi connectivity index (χ0v) is 13.7. The summed E-state index contributed by atoms with van der Waals surface area (Å²) in [5.74, 6) is -0.331. The van der Waals surface area contributed by atoms with Gasteiger partial charge in [0.25, 0.3) is 11.6 Å². The van der Waals surface area contributed by atoms with E-state index in [1.807, 2.05) is 14.0 Å². The van der Waals surface area contributed by atoms with Crippen LogP contribution in [-0.4, -0.2) is 20.6 Å². The maximum absolute atomic E-state index is 12.3. The van der Waals surface area contributed by atoms with Crippen LogP contribution in [0.4, 0.5) is 11.4 Å². The number of nitrogens with one attached hydrogen (secondary N) is 1. The molecule has 1 aromatic carbocycles. The Balaban J connectivity index is 1.90. The summed E-state index contributed by atoms with van der Waals surface area (Å²) in [7, 11) is 1.82. The van der Waals surface area contributed by atoms with Gasteiger partial charge in [-0.1, -0.05) is 11.6 Å². The van der Waals surface area contributed by atoms with Crippen molar-refractivity contribution in [2.75, 3.05) is 5.32 Å². The van der Waals surface area contributed by atoms with E-state index in [2.05, 4.69) is 10.4 Å². The fourth-order valence-corrected chi connectivity index (χ4v) is 3.45. The normalized spacial score (nSPS) is 10.9. The summed E-state index contributed by atoms with van der Waals surface area (Å²) in [6.45, 7) is 1.87. The van der Waals surface area contributed by atoms with Crippen molar-refractivity contribution in [2.45, 2.75) is 6.92 Å². The minimum Gasteiger partial charge on any atom is -0.321 e. The second-order valence-corrected chi connectivity index (χ2v) is 6.35. The largest absolute Gasteiger partial charge is 0.321 e. The van der Waals surface area contributed by atoms with E-state index in [1.54, 1.807) is 10.7 Å². The van der Waals surface area contributed by atoms with E-state index < -0.39 is 4.92 Å². The number of carbonyl (C=O) groups is 1. The number of rotatable bonds is 3. The smallest absolute Gasteiger partial charge is 0.289 e. The zero-order valence-electron chi connectivity index (χ0n) is 12.2. The van der Waals surface area contributed by atoms with Gasteiger partial charge in [0.2, 0.25) is 0 Å². The fraction of sp³-hybridized carbons (Fsp3) is 0.143. The van der Waals surface area contributed by atoms with Crippen molar-refractivity contribution in [2.24, 2.45) is 7.05 Å². The van der Waals surface area contributed by atoms with Crippen molar-refractivity contribution in [1.29, 1.82) is 0 Å². The predicted molar refractivity (Wildman–Crippen MR) is 89.4 cm³/mol. The standard InChI is InChI=1S/C14H11ClN4O3S/c1-7-9-6-12(23-14(9)18(2)17-7)13(20)16-8-3-4-10(15)11(5-8)19(21)22/h3-6H,1-2H3,(H,16,20). The molecular formula is C14H11ClN4O3S. The van der Waals surface area contributed by atoms with Crippen LogP contribution in [0.5, 0.6) is 0 Å². The molecule has 0 spiro atoms. The lowest BCUT2D eigenvalue weighted by atomic mass is 10.2. The number of halogens is 1. The molecule has 2 aromatic heterocycles. The Hall–Kier alpha value is -2.45. The molecule has 0 aliphatic rings. The molecule has 7 nitrogen and oxygen atoms in total. The monoisotopic (exact) mass is 350 g/mol. The number of benzene rings is 1. The van der Waals surface area contributed by atoms with Crippen molar-refractivity contribution in [3.05, 3.63) is 50.0 Å². The van der Waals surface area contributed by atoms with E-state index in [-0.39, 0.29) is 16.6 Å². The number of hydrogen-bond acceptors (Lipinski definition) is 5. The quantitative estimate of drug-likeness (QED) is 0.575. The molecule has 0 radical (unpaired) electrons. The molecule has 118 valence electrons. The van der Waals surface area contributed by atoms with E-state index in [0.717, 1.165) is 15.9 Å². The first-order valence-electron chi connectivity index (χ1n) is 6.55. The van der Waals surface area contributed by atoms with Gasteiger partial charge in [-0.25, -0.2) is 0 Å². The third-order valence-corrected chi connectivity index (χ3v) is 4.84. The Morgan fingerprint density at radius 1 is 1.43 bits per heavy atom. The maximum atomic E-state index is 12.3. The lowest BCUT2D eigenvalue weighted by molar-refractivity contribution is -0.384. The number of aromatic nitrogens is 2. The number of carbonyl (C=O) groups excluding carboxylic acids is 1. The molecule has 0 atom stereocenters. The van der Waals surface area contributed by atoms with Crippen molar-refractivity contribution < 1.29 is 9.72 Å². The Morgan fingerprint density at radius 3 is 2.83 bits per heavy atom. The van der Waals surface area contributed by atoms with Crippen LogP contribution >= 0.6 is 22.9 Å². The Morgan fingerprint density at radius 2 is 2.17 bits per heavy atom. The summed E-state index contributed by atoms with van der Waals surface area (Å²) in [6, 6.07) is 5.91. The molecule has 1 N–H and O–H groups in total. The van der Waals surface area contributed by atoms with E-state index in [4.69, 9.17) is 11.6 Å². The number of nitro groups is 1. The van der Waals surface area contributed by atoms with Gasteiger partial charge in [-0.3, -0.25) is 19.6 Å².